The lowest BCUT2D eigenvalue weighted by atomic mass is 10.2. The van der Waals surface area contributed by atoms with Gasteiger partial charge in [-0.1, -0.05) is 23.8 Å². The van der Waals surface area contributed by atoms with Crippen molar-refractivity contribution in [2.24, 2.45) is 11.8 Å². The Morgan fingerprint density at radius 3 is 2.12 bits per heavy atom. The lowest BCUT2D eigenvalue weighted by molar-refractivity contribution is -0.122. The standard InChI is InChI=1S/C19H19BrN2O2/c1-11-3-6-13(7-4-11)21-18(23)14-10-15(14)19(24)22-17-8-5-12(2)9-16(17)20/h3-9,14-15H,10H2,1-2H3,(H,21,23)(H,22,24). The van der Waals surface area contributed by atoms with Crippen LogP contribution in [0.5, 0.6) is 0 Å². The minimum Gasteiger partial charge on any atom is -0.326 e. The molecule has 0 spiro atoms. The summed E-state index contributed by atoms with van der Waals surface area (Å²) in [7, 11) is 0. The van der Waals surface area contributed by atoms with Crippen LogP contribution in [-0.2, 0) is 9.59 Å². The number of hydrogen-bond acceptors (Lipinski definition) is 2. The van der Waals surface area contributed by atoms with E-state index in [1.54, 1.807) is 0 Å². The van der Waals surface area contributed by atoms with Gasteiger partial charge in [0.1, 0.15) is 0 Å². The summed E-state index contributed by atoms with van der Waals surface area (Å²) in [6.45, 7) is 3.98. The van der Waals surface area contributed by atoms with E-state index in [2.05, 4.69) is 26.6 Å². The molecule has 1 aliphatic carbocycles. The van der Waals surface area contributed by atoms with Crippen LogP contribution in [-0.4, -0.2) is 11.8 Å². The highest BCUT2D eigenvalue weighted by Gasteiger charge is 2.48. The number of amides is 2. The van der Waals surface area contributed by atoms with Crippen molar-refractivity contribution >= 4 is 39.1 Å². The fourth-order valence-electron chi connectivity index (χ4n) is 2.59. The number of anilines is 2. The molecule has 1 saturated carbocycles. The van der Waals surface area contributed by atoms with E-state index in [0.29, 0.717) is 6.42 Å². The summed E-state index contributed by atoms with van der Waals surface area (Å²) >= 11 is 3.45. The van der Waals surface area contributed by atoms with Crippen LogP contribution in [0.2, 0.25) is 0 Å². The first-order chi connectivity index (χ1) is 11.4. The Balaban J connectivity index is 1.57. The minimum atomic E-state index is -0.261. The minimum absolute atomic E-state index is 0.0954. The zero-order valence-electron chi connectivity index (χ0n) is 13.6. The molecular formula is C19H19BrN2O2. The van der Waals surface area contributed by atoms with E-state index >= 15 is 0 Å². The summed E-state index contributed by atoms with van der Waals surface area (Å²) < 4.78 is 0.845. The highest BCUT2D eigenvalue weighted by atomic mass is 79.9. The SMILES string of the molecule is Cc1ccc(NC(=O)C2CC2C(=O)Nc2ccc(C)cc2Br)cc1. The van der Waals surface area contributed by atoms with Crippen molar-refractivity contribution in [3.05, 3.63) is 58.1 Å². The van der Waals surface area contributed by atoms with Gasteiger partial charge in [-0.2, -0.15) is 0 Å². The topological polar surface area (TPSA) is 58.2 Å². The molecule has 2 aromatic carbocycles. The molecule has 1 fully saturated rings. The maximum Gasteiger partial charge on any atom is 0.228 e. The molecule has 0 aromatic heterocycles. The smallest absolute Gasteiger partial charge is 0.228 e. The van der Waals surface area contributed by atoms with Crippen LogP contribution in [0.1, 0.15) is 17.5 Å². The van der Waals surface area contributed by atoms with E-state index in [4.69, 9.17) is 0 Å². The van der Waals surface area contributed by atoms with Gasteiger partial charge in [-0.15, -0.1) is 0 Å². The van der Waals surface area contributed by atoms with Crippen molar-refractivity contribution in [1.82, 2.24) is 0 Å². The van der Waals surface area contributed by atoms with E-state index in [9.17, 15) is 9.59 Å². The third-order valence-corrected chi connectivity index (χ3v) is 4.82. The molecule has 0 bridgehead atoms. The van der Waals surface area contributed by atoms with Crippen LogP contribution in [0.25, 0.3) is 0 Å². The molecule has 2 amide bonds. The molecule has 124 valence electrons. The first-order valence-electron chi connectivity index (χ1n) is 7.88. The van der Waals surface area contributed by atoms with Crippen molar-refractivity contribution in [2.75, 3.05) is 10.6 Å². The molecule has 4 nitrogen and oxygen atoms in total. The van der Waals surface area contributed by atoms with Gasteiger partial charge in [0.2, 0.25) is 11.8 Å². The molecule has 2 aromatic rings. The number of carbonyl (C=O) groups excluding carboxylic acids is 2. The van der Waals surface area contributed by atoms with Gasteiger partial charge in [-0.3, -0.25) is 9.59 Å². The predicted molar refractivity (Wildman–Crippen MR) is 98.9 cm³/mol. The van der Waals surface area contributed by atoms with Gasteiger partial charge < -0.3 is 10.6 Å². The highest BCUT2D eigenvalue weighted by molar-refractivity contribution is 9.10. The van der Waals surface area contributed by atoms with E-state index in [1.165, 1.54) is 0 Å². The maximum absolute atomic E-state index is 12.3. The van der Waals surface area contributed by atoms with Crippen LogP contribution in [0.15, 0.2) is 46.9 Å². The Bertz CT molecular complexity index is 786. The second-order valence-electron chi connectivity index (χ2n) is 6.28. The molecule has 24 heavy (non-hydrogen) atoms. The van der Waals surface area contributed by atoms with Crippen LogP contribution < -0.4 is 10.6 Å². The van der Waals surface area contributed by atoms with Gasteiger partial charge in [-0.25, -0.2) is 0 Å². The lowest BCUT2D eigenvalue weighted by Gasteiger charge is -2.08. The molecule has 0 radical (unpaired) electrons. The average molecular weight is 387 g/mol. The molecule has 5 heteroatoms. The zero-order chi connectivity index (χ0) is 17.3. The van der Waals surface area contributed by atoms with Gasteiger partial charge in [0, 0.05) is 10.2 Å². The predicted octanol–water partition coefficient (Wildman–Crippen LogP) is 4.28. The first kappa shape index (κ1) is 16.7. The van der Waals surface area contributed by atoms with Crippen LogP contribution >= 0.6 is 15.9 Å². The third-order valence-electron chi connectivity index (χ3n) is 4.17. The molecule has 0 saturated heterocycles. The number of rotatable bonds is 4. The monoisotopic (exact) mass is 386 g/mol. The Hall–Kier alpha value is -2.14. The number of hydrogen-bond donors (Lipinski definition) is 2. The van der Waals surface area contributed by atoms with Gasteiger partial charge in [-0.05, 0) is 66.0 Å². The molecule has 0 heterocycles. The van der Waals surface area contributed by atoms with Crippen LogP contribution in [0.3, 0.4) is 0 Å². The summed E-state index contributed by atoms with van der Waals surface area (Å²) in [5.41, 5.74) is 3.75. The molecule has 0 aliphatic heterocycles. The highest BCUT2D eigenvalue weighted by Crippen LogP contribution is 2.40. The van der Waals surface area contributed by atoms with Crippen LogP contribution in [0, 0.1) is 25.7 Å². The van der Waals surface area contributed by atoms with Gasteiger partial charge in [0.05, 0.1) is 17.5 Å². The molecule has 3 rings (SSSR count). The summed E-state index contributed by atoms with van der Waals surface area (Å²) in [6, 6.07) is 13.4. The lowest BCUT2D eigenvalue weighted by Crippen LogP contribution is -2.20. The Morgan fingerprint density at radius 2 is 1.50 bits per heavy atom. The molecule has 2 unspecified atom stereocenters. The summed E-state index contributed by atoms with van der Waals surface area (Å²) in [5, 5.41) is 5.76. The van der Waals surface area contributed by atoms with Crippen molar-refractivity contribution in [1.29, 1.82) is 0 Å². The largest absolute Gasteiger partial charge is 0.326 e. The van der Waals surface area contributed by atoms with Crippen LogP contribution in [0.4, 0.5) is 11.4 Å². The molecular weight excluding hydrogens is 368 g/mol. The zero-order valence-corrected chi connectivity index (χ0v) is 15.2. The fourth-order valence-corrected chi connectivity index (χ4v) is 3.19. The number of carbonyl (C=O) groups is 2. The van der Waals surface area contributed by atoms with E-state index in [-0.39, 0.29) is 23.7 Å². The van der Waals surface area contributed by atoms with Gasteiger partial charge >= 0.3 is 0 Å². The van der Waals surface area contributed by atoms with Crippen molar-refractivity contribution in [2.45, 2.75) is 20.3 Å². The number of halogens is 1. The summed E-state index contributed by atoms with van der Waals surface area (Å²) in [4.78, 5) is 24.6. The van der Waals surface area contributed by atoms with E-state index in [1.807, 2.05) is 56.3 Å². The Labute approximate surface area is 149 Å². The number of benzene rings is 2. The molecule has 2 atom stereocenters. The third kappa shape index (κ3) is 3.85. The van der Waals surface area contributed by atoms with Crippen molar-refractivity contribution < 1.29 is 9.59 Å². The number of aryl methyl sites for hydroxylation is 2. The maximum atomic E-state index is 12.3. The van der Waals surface area contributed by atoms with Crippen molar-refractivity contribution in [3.63, 3.8) is 0 Å². The normalized spacial score (nSPS) is 18.8. The van der Waals surface area contributed by atoms with Gasteiger partial charge in [0.25, 0.3) is 0 Å². The Kier molecular flexibility index (Phi) is 4.71. The average Bonchev–Trinajstić information content (AvgIpc) is 3.33. The number of nitrogens with one attached hydrogen (secondary N) is 2. The summed E-state index contributed by atoms with van der Waals surface area (Å²) in [5.74, 6) is -0.718. The van der Waals surface area contributed by atoms with Crippen molar-refractivity contribution in [3.8, 4) is 0 Å². The first-order valence-corrected chi connectivity index (χ1v) is 8.68. The van der Waals surface area contributed by atoms with Gasteiger partial charge in [0.15, 0.2) is 0 Å². The van der Waals surface area contributed by atoms with E-state index < -0.39 is 0 Å². The molecule has 2 N–H and O–H groups in total. The fraction of sp³-hybridized carbons (Fsp3) is 0.263. The second-order valence-corrected chi connectivity index (χ2v) is 7.13. The summed E-state index contributed by atoms with van der Waals surface area (Å²) in [6.07, 6.45) is 0.590. The molecule has 1 aliphatic rings. The Morgan fingerprint density at radius 1 is 0.917 bits per heavy atom. The second kappa shape index (κ2) is 6.77. The quantitative estimate of drug-likeness (QED) is 0.823. The van der Waals surface area contributed by atoms with E-state index in [0.717, 1.165) is 27.0 Å².